The van der Waals surface area contributed by atoms with Crippen molar-refractivity contribution in [3.05, 3.63) is 51.5 Å². The van der Waals surface area contributed by atoms with Crippen molar-refractivity contribution in [2.24, 2.45) is 0 Å². The monoisotopic (exact) mass is 345 g/mol. The van der Waals surface area contributed by atoms with Gasteiger partial charge in [-0.05, 0) is 31.4 Å². The normalized spacial score (nSPS) is 19.7. The number of aliphatic hydroxyl groups is 1. The molecular weight excluding hydrogens is 318 g/mol. The largest absolute Gasteiger partial charge is 0.396 e. The van der Waals surface area contributed by atoms with E-state index in [4.69, 9.17) is 0 Å². The Labute approximate surface area is 148 Å². The van der Waals surface area contributed by atoms with E-state index < -0.39 is 0 Å². The first-order chi connectivity index (χ1) is 11.7. The maximum atomic E-state index is 9.48. The molecule has 0 amide bonds. The van der Waals surface area contributed by atoms with Crippen molar-refractivity contribution in [3.63, 3.8) is 0 Å². The highest BCUT2D eigenvalue weighted by molar-refractivity contribution is 7.11. The zero-order valence-electron chi connectivity index (χ0n) is 14.6. The van der Waals surface area contributed by atoms with E-state index in [9.17, 15) is 5.11 Å². The van der Waals surface area contributed by atoms with Crippen LogP contribution in [0.4, 0.5) is 0 Å². The van der Waals surface area contributed by atoms with Crippen LogP contribution in [0.3, 0.4) is 0 Å². The molecule has 130 valence electrons. The van der Waals surface area contributed by atoms with Gasteiger partial charge in [0.25, 0.3) is 0 Å². The van der Waals surface area contributed by atoms with Crippen LogP contribution in [0.25, 0.3) is 0 Å². The molecule has 5 heteroatoms. The second-order valence-electron chi connectivity index (χ2n) is 6.64. The van der Waals surface area contributed by atoms with Crippen LogP contribution in [-0.2, 0) is 13.1 Å². The summed E-state index contributed by atoms with van der Waals surface area (Å²) in [4.78, 5) is 10.7. The molecule has 0 bridgehead atoms. The topological polar surface area (TPSA) is 39.6 Å². The van der Waals surface area contributed by atoms with Gasteiger partial charge < -0.3 is 5.11 Å². The fourth-order valence-electron chi connectivity index (χ4n) is 3.44. The van der Waals surface area contributed by atoms with Crippen LogP contribution in [-0.4, -0.2) is 52.2 Å². The highest BCUT2D eigenvalue weighted by atomic mass is 32.1. The maximum Gasteiger partial charge on any atom is 0.0897 e. The minimum Gasteiger partial charge on any atom is -0.396 e. The Hall–Kier alpha value is -1.27. The molecule has 0 unspecified atom stereocenters. The summed E-state index contributed by atoms with van der Waals surface area (Å²) in [6.07, 6.45) is 2.84. The fraction of sp³-hybridized carbons (Fsp3) is 0.526. The average Bonchev–Trinajstić information content (AvgIpc) is 2.97. The van der Waals surface area contributed by atoms with Crippen LogP contribution in [0.5, 0.6) is 0 Å². The predicted octanol–water partition coefficient (Wildman–Crippen LogP) is 2.83. The third-order valence-corrected chi connectivity index (χ3v) is 5.73. The summed E-state index contributed by atoms with van der Waals surface area (Å²) in [5.41, 5.74) is 2.75. The van der Waals surface area contributed by atoms with E-state index in [1.54, 1.807) is 11.3 Å². The number of hydrogen-bond acceptors (Lipinski definition) is 5. The lowest BCUT2D eigenvalue weighted by atomic mass is 10.0. The molecule has 2 aromatic rings. The molecule has 0 saturated carbocycles. The standard InChI is InChI=1S/C19H27N3OS/c1-15-5-3-4-6-17(15)12-22-9-8-21(13-18(22)7-10-23)14-19-11-20-16(2)24-19/h3-6,11,18,23H,7-10,12-14H2,1-2H3/t18-/m0/s1. The summed E-state index contributed by atoms with van der Waals surface area (Å²) < 4.78 is 0. The summed E-state index contributed by atoms with van der Waals surface area (Å²) in [6.45, 7) is 9.59. The Morgan fingerprint density at radius 3 is 2.75 bits per heavy atom. The molecular formula is C19H27N3OS. The molecule has 1 fully saturated rings. The lowest BCUT2D eigenvalue weighted by Gasteiger charge is -2.41. The van der Waals surface area contributed by atoms with Gasteiger partial charge in [0.1, 0.15) is 0 Å². The van der Waals surface area contributed by atoms with Crippen LogP contribution in [0, 0.1) is 13.8 Å². The van der Waals surface area contributed by atoms with Gasteiger partial charge in [-0.2, -0.15) is 0 Å². The van der Waals surface area contributed by atoms with Crippen LogP contribution >= 0.6 is 11.3 Å². The molecule has 0 radical (unpaired) electrons. The van der Waals surface area contributed by atoms with Gasteiger partial charge in [-0.25, -0.2) is 4.98 Å². The molecule has 24 heavy (non-hydrogen) atoms. The molecule has 0 spiro atoms. The minimum absolute atomic E-state index is 0.252. The number of aryl methyl sites for hydroxylation is 2. The first-order valence-corrected chi connectivity index (χ1v) is 9.50. The molecule has 1 atom stereocenters. The first-order valence-electron chi connectivity index (χ1n) is 8.69. The van der Waals surface area contributed by atoms with Gasteiger partial charge >= 0.3 is 0 Å². The van der Waals surface area contributed by atoms with E-state index in [2.05, 4.69) is 52.9 Å². The van der Waals surface area contributed by atoms with Crippen molar-refractivity contribution < 1.29 is 5.11 Å². The summed E-state index contributed by atoms with van der Waals surface area (Å²) in [5.74, 6) is 0. The van der Waals surface area contributed by atoms with E-state index >= 15 is 0 Å². The van der Waals surface area contributed by atoms with Crippen molar-refractivity contribution >= 4 is 11.3 Å². The van der Waals surface area contributed by atoms with Gasteiger partial charge in [0.15, 0.2) is 0 Å². The number of aromatic nitrogens is 1. The van der Waals surface area contributed by atoms with Crippen molar-refractivity contribution in [2.45, 2.75) is 39.4 Å². The van der Waals surface area contributed by atoms with E-state index in [-0.39, 0.29) is 6.61 Å². The number of hydrogen-bond donors (Lipinski definition) is 1. The molecule has 1 aromatic heterocycles. The summed E-state index contributed by atoms with van der Waals surface area (Å²) in [5, 5.41) is 10.6. The molecule has 1 aliphatic heterocycles. The van der Waals surface area contributed by atoms with Crippen molar-refractivity contribution in [2.75, 3.05) is 26.2 Å². The molecule has 1 aromatic carbocycles. The van der Waals surface area contributed by atoms with E-state index in [1.165, 1.54) is 16.0 Å². The second-order valence-corrected chi connectivity index (χ2v) is 7.96. The van der Waals surface area contributed by atoms with Gasteiger partial charge in [0.05, 0.1) is 5.01 Å². The molecule has 1 saturated heterocycles. The third kappa shape index (κ3) is 4.42. The smallest absolute Gasteiger partial charge is 0.0897 e. The van der Waals surface area contributed by atoms with Crippen LogP contribution in [0.15, 0.2) is 30.5 Å². The van der Waals surface area contributed by atoms with Gasteiger partial charge in [0.2, 0.25) is 0 Å². The maximum absolute atomic E-state index is 9.48. The fourth-order valence-corrected chi connectivity index (χ4v) is 4.27. The lowest BCUT2D eigenvalue weighted by molar-refractivity contribution is 0.0503. The van der Waals surface area contributed by atoms with E-state index in [1.807, 2.05) is 6.20 Å². The lowest BCUT2D eigenvalue weighted by Crippen LogP contribution is -2.52. The number of piperazine rings is 1. The molecule has 0 aliphatic carbocycles. The Bertz CT molecular complexity index is 658. The molecule has 1 N–H and O–H groups in total. The SMILES string of the molecule is Cc1ncc(CN2CCN(Cc3ccccc3C)[C@@H](CCO)C2)s1. The minimum atomic E-state index is 0.252. The first kappa shape index (κ1) is 17.5. The number of benzene rings is 1. The van der Waals surface area contributed by atoms with Gasteiger partial charge in [0, 0.05) is 56.4 Å². The molecule has 2 heterocycles. The molecule has 3 rings (SSSR count). The van der Waals surface area contributed by atoms with Crippen LogP contribution in [0.2, 0.25) is 0 Å². The van der Waals surface area contributed by atoms with Gasteiger partial charge in [-0.15, -0.1) is 11.3 Å². The zero-order valence-corrected chi connectivity index (χ0v) is 15.4. The van der Waals surface area contributed by atoms with Crippen molar-refractivity contribution in [1.29, 1.82) is 0 Å². The Morgan fingerprint density at radius 1 is 1.21 bits per heavy atom. The third-order valence-electron chi connectivity index (χ3n) is 4.83. The summed E-state index contributed by atoms with van der Waals surface area (Å²) in [6, 6.07) is 9.03. The van der Waals surface area contributed by atoms with Gasteiger partial charge in [-0.3, -0.25) is 9.80 Å². The van der Waals surface area contributed by atoms with Crippen LogP contribution in [0.1, 0.15) is 27.4 Å². The van der Waals surface area contributed by atoms with Gasteiger partial charge in [-0.1, -0.05) is 24.3 Å². The Balaban J connectivity index is 1.63. The van der Waals surface area contributed by atoms with Crippen molar-refractivity contribution in [3.8, 4) is 0 Å². The number of thiazole rings is 1. The quantitative estimate of drug-likeness (QED) is 0.874. The number of nitrogens with zero attached hydrogens (tertiary/aromatic N) is 3. The average molecular weight is 346 g/mol. The summed E-state index contributed by atoms with van der Waals surface area (Å²) >= 11 is 1.79. The zero-order chi connectivity index (χ0) is 16.9. The Morgan fingerprint density at radius 2 is 2.04 bits per heavy atom. The van der Waals surface area contributed by atoms with E-state index in [0.29, 0.717) is 6.04 Å². The van der Waals surface area contributed by atoms with E-state index in [0.717, 1.165) is 44.2 Å². The Kier molecular flexibility index (Phi) is 6.00. The van der Waals surface area contributed by atoms with Crippen molar-refractivity contribution in [1.82, 2.24) is 14.8 Å². The molecule has 4 nitrogen and oxygen atoms in total. The second kappa shape index (κ2) is 8.21. The predicted molar refractivity (Wildman–Crippen MR) is 99.2 cm³/mol. The number of rotatable bonds is 6. The summed E-state index contributed by atoms with van der Waals surface area (Å²) in [7, 11) is 0. The number of aliphatic hydroxyl groups excluding tert-OH is 1. The van der Waals surface area contributed by atoms with Crippen LogP contribution < -0.4 is 0 Å². The highest BCUT2D eigenvalue weighted by Crippen LogP contribution is 2.21. The molecule has 1 aliphatic rings. The highest BCUT2D eigenvalue weighted by Gasteiger charge is 2.27.